The van der Waals surface area contributed by atoms with Crippen LogP contribution in [0.3, 0.4) is 0 Å². The van der Waals surface area contributed by atoms with Crippen LogP contribution in [0, 0.1) is 0 Å². The van der Waals surface area contributed by atoms with Gasteiger partial charge in [-0.3, -0.25) is 4.79 Å². The van der Waals surface area contributed by atoms with Gasteiger partial charge >= 0.3 is 0 Å². The fraction of sp³-hybridized carbons (Fsp3) is 0.214. The fourth-order valence-corrected chi connectivity index (χ4v) is 3.25. The van der Waals surface area contributed by atoms with Gasteiger partial charge in [-0.15, -0.1) is 11.3 Å². The Morgan fingerprint density at radius 3 is 2.68 bits per heavy atom. The molecule has 0 amide bonds. The minimum atomic E-state index is -0.0493. The van der Waals surface area contributed by atoms with Crippen molar-refractivity contribution < 1.29 is 9.53 Å². The molecule has 0 unspecified atom stereocenters. The molecule has 0 aliphatic carbocycles. The minimum absolute atomic E-state index is 0.0493. The van der Waals surface area contributed by atoms with Crippen LogP contribution >= 0.6 is 38.9 Å². The van der Waals surface area contributed by atoms with Gasteiger partial charge in [0.2, 0.25) is 5.78 Å². The molecule has 0 radical (unpaired) electrons. The highest BCUT2D eigenvalue weighted by molar-refractivity contribution is 9.10. The van der Waals surface area contributed by atoms with Crippen LogP contribution in [0.25, 0.3) is 0 Å². The fourth-order valence-electron chi connectivity index (χ4n) is 1.58. The molecule has 1 heterocycles. The molecule has 0 saturated carbocycles. The highest BCUT2D eigenvalue weighted by Gasteiger charge is 2.15. The Balaban J connectivity index is 2.28. The van der Waals surface area contributed by atoms with Crippen molar-refractivity contribution in [2.45, 2.75) is 20.0 Å². The Labute approximate surface area is 129 Å². The Morgan fingerprint density at radius 2 is 2.11 bits per heavy atom. The van der Waals surface area contributed by atoms with E-state index in [4.69, 9.17) is 16.3 Å². The predicted molar refractivity (Wildman–Crippen MR) is 82.7 cm³/mol. The van der Waals surface area contributed by atoms with Crippen LogP contribution in [0.2, 0.25) is 4.34 Å². The Bertz CT molecular complexity index is 588. The van der Waals surface area contributed by atoms with E-state index < -0.39 is 0 Å². The van der Waals surface area contributed by atoms with Crippen LogP contribution in [0.5, 0.6) is 5.75 Å². The molecule has 0 fully saturated rings. The molecule has 0 N–H and O–H groups in total. The molecule has 19 heavy (non-hydrogen) atoms. The number of hydrogen-bond acceptors (Lipinski definition) is 3. The number of carbonyl (C=O) groups excluding carboxylic acids is 1. The molecular weight excluding hydrogens is 348 g/mol. The van der Waals surface area contributed by atoms with Gasteiger partial charge in [0.1, 0.15) is 10.1 Å². The number of rotatable bonds is 4. The summed E-state index contributed by atoms with van der Waals surface area (Å²) in [5, 5.41) is 0. The smallest absolute Gasteiger partial charge is 0.203 e. The van der Waals surface area contributed by atoms with Gasteiger partial charge in [0.25, 0.3) is 0 Å². The van der Waals surface area contributed by atoms with E-state index in [1.165, 1.54) is 11.3 Å². The van der Waals surface area contributed by atoms with Crippen LogP contribution in [-0.4, -0.2) is 11.9 Å². The summed E-state index contributed by atoms with van der Waals surface area (Å²) in [7, 11) is 0. The zero-order valence-electron chi connectivity index (χ0n) is 10.4. The second kappa shape index (κ2) is 6.07. The van der Waals surface area contributed by atoms with E-state index in [2.05, 4.69) is 15.9 Å². The maximum absolute atomic E-state index is 12.3. The third-order valence-corrected chi connectivity index (χ3v) is 4.81. The standard InChI is InChI=1S/C14H12BrClO2S/c1-8(2)18-10-5-3-4-9(6-10)13(17)12-7-11(15)14(16)19-12/h3-8H,1-2H3. The number of benzene rings is 1. The second-order valence-electron chi connectivity index (χ2n) is 4.26. The third kappa shape index (κ3) is 3.59. The predicted octanol–water partition coefficient (Wildman–Crippen LogP) is 5.18. The van der Waals surface area contributed by atoms with Gasteiger partial charge in [-0.1, -0.05) is 23.7 Å². The van der Waals surface area contributed by atoms with Gasteiger partial charge in [-0.05, 0) is 48.0 Å². The summed E-state index contributed by atoms with van der Waals surface area (Å²) in [6.45, 7) is 3.90. The molecule has 0 atom stereocenters. The molecule has 5 heteroatoms. The topological polar surface area (TPSA) is 26.3 Å². The maximum atomic E-state index is 12.3. The van der Waals surface area contributed by atoms with E-state index in [-0.39, 0.29) is 11.9 Å². The summed E-state index contributed by atoms with van der Waals surface area (Å²) in [6, 6.07) is 8.93. The van der Waals surface area contributed by atoms with E-state index in [1.807, 2.05) is 26.0 Å². The van der Waals surface area contributed by atoms with Gasteiger partial charge in [-0.2, -0.15) is 0 Å². The van der Waals surface area contributed by atoms with Crippen molar-refractivity contribution in [2.24, 2.45) is 0 Å². The molecule has 2 rings (SSSR count). The van der Waals surface area contributed by atoms with Crippen LogP contribution < -0.4 is 4.74 Å². The zero-order valence-corrected chi connectivity index (χ0v) is 13.6. The quantitative estimate of drug-likeness (QED) is 0.703. The summed E-state index contributed by atoms with van der Waals surface area (Å²) in [4.78, 5) is 12.9. The average molecular weight is 360 g/mol. The number of halogens is 2. The maximum Gasteiger partial charge on any atom is 0.203 e. The van der Waals surface area contributed by atoms with Crippen molar-refractivity contribution in [1.82, 2.24) is 0 Å². The molecule has 2 aromatic rings. The van der Waals surface area contributed by atoms with Crippen molar-refractivity contribution >= 4 is 44.7 Å². The Kier molecular flexibility index (Phi) is 4.66. The molecular formula is C14H12BrClO2S. The minimum Gasteiger partial charge on any atom is -0.491 e. The van der Waals surface area contributed by atoms with Crippen LogP contribution in [0.4, 0.5) is 0 Å². The van der Waals surface area contributed by atoms with E-state index in [0.717, 1.165) is 4.47 Å². The molecule has 1 aromatic heterocycles. The van der Waals surface area contributed by atoms with Crippen molar-refractivity contribution in [2.75, 3.05) is 0 Å². The molecule has 0 aliphatic heterocycles. The first-order chi connectivity index (χ1) is 8.97. The number of carbonyl (C=O) groups is 1. The molecule has 0 spiro atoms. The Hall–Kier alpha value is -0.840. The largest absolute Gasteiger partial charge is 0.491 e. The van der Waals surface area contributed by atoms with Gasteiger partial charge in [0, 0.05) is 10.0 Å². The van der Waals surface area contributed by atoms with Crippen LogP contribution in [0.1, 0.15) is 29.1 Å². The highest BCUT2D eigenvalue weighted by atomic mass is 79.9. The third-order valence-electron chi connectivity index (χ3n) is 2.34. The molecule has 2 nitrogen and oxygen atoms in total. The van der Waals surface area contributed by atoms with Gasteiger partial charge in [-0.25, -0.2) is 0 Å². The lowest BCUT2D eigenvalue weighted by atomic mass is 10.1. The molecule has 0 bridgehead atoms. The summed E-state index contributed by atoms with van der Waals surface area (Å²) < 4.78 is 6.91. The summed E-state index contributed by atoms with van der Waals surface area (Å²) in [6.07, 6.45) is 0.0793. The van der Waals surface area contributed by atoms with Crippen molar-refractivity contribution in [3.8, 4) is 5.75 Å². The summed E-state index contributed by atoms with van der Waals surface area (Å²) in [5.41, 5.74) is 0.601. The number of hydrogen-bond donors (Lipinski definition) is 0. The first-order valence-corrected chi connectivity index (χ1v) is 7.72. The summed E-state index contributed by atoms with van der Waals surface area (Å²) >= 11 is 10.5. The van der Waals surface area contributed by atoms with Crippen molar-refractivity contribution in [1.29, 1.82) is 0 Å². The average Bonchev–Trinajstić information content (AvgIpc) is 2.68. The van der Waals surface area contributed by atoms with E-state index in [0.29, 0.717) is 20.5 Å². The van der Waals surface area contributed by atoms with Crippen molar-refractivity contribution in [3.05, 3.63) is 49.6 Å². The highest BCUT2D eigenvalue weighted by Crippen LogP contribution is 2.33. The van der Waals surface area contributed by atoms with Crippen LogP contribution in [-0.2, 0) is 0 Å². The number of thiophene rings is 1. The summed E-state index contributed by atoms with van der Waals surface area (Å²) in [5.74, 6) is 0.648. The first-order valence-electron chi connectivity index (χ1n) is 5.73. The Morgan fingerprint density at radius 1 is 1.37 bits per heavy atom. The lowest BCUT2D eigenvalue weighted by molar-refractivity contribution is 0.104. The van der Waals surface area contributed by atoms with Crippen LogP contribution in [0.15, 0.2) is 34.8 Å². The number of ether oxygens (including phenoxy) is 1. The second-order valence-corrected chi connectivity index (χ2v) is 6.76. The van der Waals surface area contributed by atoms with Gasteiger partial charge < -0.3 is 4.74 Å². The monoisotopic (exact) mass is 358 g/mol. The number of ketones is 1. The molecule has 100 valence electrons. The lowest BCUT2D eigenvalue weighted by Gasteiger charge is -2.10. The van der Waals surface area contributed by atoms with Gasteiger partial charge in [0.15, 0.2) is 0 Å². The van der Waals surface area contributed by atoms with E-state index in [1.54, 1.807) is 18.2 Å². The first kappa shape index (κ1) is 14.6. The lowest BCUT2D eigenvalue weighted by Crippen LogP contribution is -2.06. The van der Waals surface area contributed by atoms with E-state index in [9.17, 15) is 4.79 Å². The van der Waals surface area contributed by atoms with Gasteiger partial charge in [0.05, 0.1) is 11.0 Å². The molecule has 1 aromatic carbocycles. The SMILES string of the molecule is CC(C)Oc1cccc(C(=O)c2cc(Br)c(Cl)s2)c1. The zero-order chi connectivity index (χ0) is 14.0. The molecule has 0 saturated heterocycles. The molecule has 0 aliphatic rings. The van der Waals surface area contributed by atoms with Crippen molar-refractivity contribution in [3.63, 3.8) is 0 Å². The normalized spacial score (nSPS) is 10.8. The van der Waals surface area contributed by atoms with E-state index >= 15 is 0 Å².